The van der Waals surface area contributed by atoms with E-state index in [-0.39, 0.29) is 22.4 Å². The molecule has 0 aliphatic heterocycles. The molecule has 0 aliphatic rings. The van der Waals surface area contributed by atoms with Crippen molar-refractivity contribution in [1.82, 2.24) is 0 Å². The highest BCUT2D eigenvalue weighted by Gasteiger charge is 2.17. The molecule has 1 N–H and O–H groups in total. The maximum atomic E-state index is 13.6. The van der Waals surface area contributed by atoms with Gasteiger partial charge >= 0.3 is 5.97 Å². The average Bonchev–Trinajstić information content (AvgIpc) is 2.41. The fourth-order valence-electron chi connectivity index (χ4n) is 1.83. The number of benzene rings is 2. The van der Waals surface area contributed by atoms with Gasteiger partial charge in [-0.2, -0.15) is 0 Å². The van der Waals surface area contributed by atoms with Crippen LogP contribution in [0, 0.1) is 22.9 Å². The van der Waals surface area contributed by atoms with Crippen molar-refractivity contribution in [1.29, 1.82) is 0 Å². The third kappa shape index (κ3) is 2.49. The number of hydrogen-bond donors (Lipinski definition) is 1. The van der Waals surface area contributed by atoms with Crippen LogP contribution in [0.3, 0.4) is 0 Å². The van der Waals surface area contributed by atoms with Gasteiger partial charge in [-0.05, 0) is 30.2 Å². The predicted molar refractivity (Wildman–Crippen MR) is 70.2 cm³/mol. The Morgan fingerprint density at radius 2 is 1.95 bits per heavy atom. The molecular formula is C14H10FNO4. The van der Waals surface area contributed by atoms with Crippen molar-refractivity contribution in [3.8, 4) is 11.1 Å². The van der Waals surface area contributed by atoms with Crippen molar-refractivity contribution in [2.45, 2.75) is 6.92 Å². The van der Waals surface area contributed by atoms with Crippen LogP contribution >= 0.6 is 0 Å². The number of nitro groups is 1. The van der Waals surface area contributed by atoms with Gasteiger partial charge in [0.05, 0.1) is 10.5 Å². The SMILES string of the molecule is Cc1ccc(-c2cc([N+](=O)[O-])ccc2C(=O)O)cc1F. The molecule has 102 valence electrons. The van der Waals surface area contributed by atoms with E-state index in [9.17, 15) is 19.3 Å². The maximum Gasteiger partial charge on any atom is 0.336 e. The van der Waals surface area contributed by atoms with E-state index < -0.39 is 16.7 Å². The number of nitrogens with zero attached hydrogens (tertiary/aromatic N) is 1. The van der Waals surface area contributed by atoms with Crippen LogP contribution in [0.1, 0.15) is 15.9 Å². The van der Waals surface area contributed by atoms with Gasteiger partial charge in [-0.1, -0.05) is 12.1 Å². The lowest BCUT2D eigenvalue weighted by Crippen LogP contribution is -2.01. The van der Waals surface area contributed by atoms with Crippen molar-refractivity contribution in [2.75, 3.05) is 0 Å². The van der Waals surface area contributed by atoms with Crippen LogP contribution in [-0.4, -0.2) is 16.0 Å². The molecule has 0 fully saturated rings. The summed E-state index contributed by atoms with van der Waals surface area (Å²) in [4.78, 5) is 21.3. The Kier molecular flexibility index (Phi) is 3.47. The van der Waals surface area contributed by atoms with E-state index in [0.29, 0.717) is 5.56 Å². The second kappa shape index (κ2) is 5.08. The molecular weight excluding hydrogens is 265 g/mol. The van der Waals surface area contributed by atoms with E-state index >= 15 is 0 Å². The smallest absolute Gasteiger partial charge is 0.336 e. The van der Waals surface area contributed by atoms with Gasteiger partial charge in [0.15, 0.2) is 0 Å². The fraction of sp³-hybridized carbons (Fsp3) is 0.0714. The summed E-state index contributed by atoms with van der Waals surface area (Å²) in [5.74, 6) is -1.72. The molecule has 0 heterocycles. The minimum absolute atomic E-state index is 0.112. The number of halogens is 1. The van der Waals surface area contributed by atoms with Crippen LogP contribution in [-0.2, 0) is 0 Å². The molecule has 0 bridgehead atoms. The number of aryl methyl sites for hydroxylation is 1. The van der Waals surface area contributed by atoms with E-state index in [1.165, 1.54) is 18.2 Å². The minimum atomic E-state index is -1.23. The van der Waals surface area contributed by atoms with Crippen LogP contribution in [0.2, 0.25) is 0 Å². The minimum Gasteiger partial charge on any atom is -0.478 e. The monoisotopic (exact) mass is 275 g/mol. The first-order chi connectivity index (χ1) is 9.40. The van der Waals surface area contributed by atoms with Crippen molar-refractivity contribution >= 4 is 11.7 Å². The molecule has 0 saturated heterocycles. The number of carboxylic acids is 1. The molecule has 2 aromatic rings. The van der Waals surface area contributed by atoms with Crippen LogP contribution in [0.25, 0.3) is 11.1 Å². The van der Waals surface area contributed by atoms with Crippen LogP contribution in [0.4, 0.5) is 10.1 Å². The Labute approximate surface area is 113 Å². The highest BCUT2D eigenvalue weighted by Crippen LogP contribution is 2.29. The number of hydrogen-bond acceptors (Lipinski definition) is 3. The summed E-state index contributed by atoms with van der Waals surface area (Å²) in [6.07, 6.45) is 0. The van der Waals surface area contributed by atoms with Gasteiger partial charge in [-0.15, -0.1) is 0 Å². The van der Waals surface area contributed by atoms with Gasteiger partial charge in [-0.3, -0.25) is 10.1 Å². The molecule has 20 heavy (non-hydrogen) atoms. The number of non-ortho nitro benzene ring substituents is 1. The number of carbonyl (C=O) groups is 1. The van der Waals surface area contributed by atoms with Gasteiger partial charge < -0.3 is 5.11 Å². The molecule has 0 radical (unpaired) electrons. The lowest BCUT2D eigenvalue weighted by molar-refractivity contribution is -0.384. The van der Waals surface area contributed by atoms with E-state index in [0.717, 1.165) is 18.2 Å². The van der Waals surface area contributed by atoms with E-state index in [2.05, 4.69) is 0 Å². The first kappa shape index (κ1) is 13.7. The molecule has 0 spiro atoms. The largest absolute Gasteiger partial charge is 0.478 e. The van der Waals surface area contributed by atoms with Gasteiger partial charge in [0.2, 0.25) is 0 Å². The van der Waals surface area contributed by atoms with Crippen LogP contribution < -0.4 is 0 Å². The topological polar surface area (TPSA) is 80.4 Å². The Morgan fingerprint density at radius 3 is 2.50 bits per heavy atom. The van der Waals surface area contributed by atoms with Crippen molar-refractivity contribution in [3.05, 3.63) is 63.5 Å². The second-order valence-electron chi connectivity index (χ2n) is 4.26. The summed E-state index contributed by atoms with van der Waals surface area (Å²) in [7, 11) is 0. The van der Waals surface area contributed by atoms with Crippen molar-refractivity contribution < 1.29 is 19.2 Å². The Balaban J connectivity index is 2.68. The average molecular weight is 275 g/mol. The van der Waals surface area contributed by atoms with Gasteiger partial charge in [-0.25, -0.2) is 9.18 Å². The summed E-state index contributed by atoms with van der Waals surface area (Å²) >= 11 is 0. The summed E-state index contributed by atoms with van der Waals surface area (Å²) in [5.41, 5.74) is 0.459. The van der Waals surface area contributed by atoms with E-state index in [1.54, 1.807) is 6.92 Å². The summed E-state index contributed by atoms with van der Waals surface area (Å²) in [6.45, 7) is 1.57. The zero-order chi connectivity index (χ0) is 14.9. The van der Waals surface area contributed by atoms with Crippen molar-refractivity contribution in [2.24, 2.45) is 0 Å². The highest BCUT2D eigenvalue weighted by atomic mass is 19.1. The van der Waals surface area contributed by atoms with Gasteiger partial charge in [0, 0.05) is 17.7 Å². The zero-order valence-electron chi connectivity index (χ0n) is 10.5. The zero-order valence-corrected chi connectivity index (χ0v) is 10.5. The number of carboxylic acid groups (broad SMARTS) is 1. The lowest BCUT2D eigenvalue weighted by atomic mass is 9.98. The summed E-state index contributed by atoms with van der Waals surface area (Å²) < 4.78 is 13.6. The number of nitro benzene ring substituents is 1. The number of aromatic carboxylic acids is 1. The first-order valence-corrected chi connectivity index (χ1v) is 5.68. The third-order valence-corrected chi connectivity index (χ3v) is 2.93. The standard InChI is InChI=1S/C14H10FNO4/c1-8-2-3-9(6-13(8)15)12-7-10(16(19)20)4-5-11(12)14(17)18/h2-7H,1H3,(H,17,18). The molecule has 0 saturated carbocycles. The molecule has 2 aromatic carbocycles. The molecule has 5 nitrogen and oxygen atoms in total. The van der Waals surface area contributed by atoms with Gasteiger partial charge in [0.25, 0.3) is 5.69 Å². The molecule has 0 aliphatic carbocycles. The summed E-state index contributed by atoms with van der Waals surface area (Å²) in [6, 6.07) is 7.58. The molecule has 6 heteroatoms. The van der Waals surface area contributed by atoms with E-state index in [1.807, 2.05) is 0 Å². The Hall–Kier alpha value is -2.76. The number of rotatable bonds is 3. The third-order valence-electron chi connectivity index (χ3n) is 2.93. The van der Waals surface area contributed by atoms with Crippen LogP contribution in [0.5, 0.6) is 0 Å². The highest BCUT2D eigenvalue weighted by molar-refractivity contribution is 5.96. The fourth-order valence-corrected chi connectivity index (χ4v) is 1.83. The summed E-state index contributed by atoms with van der Waals surface area (Å²) in [5, 5.41) is 19.9. The predicted octanol–water partition coefficient (Wildman–Crippen LogP) is 3.41. The van der Waals surface area contributed by atoms with Gasteiger partial charge in [0.1, 0.15) is 5.82 Å². The molecule has 0 aromatic heterocycles. The molecule has 0 amide bonds. The molecule has 0 atom stereocenters. The quantitative estimate of drug-likeness (QED) is 0.687. The van der Waals surface area contributed by atoms with Crippen LogP contribution in [0.15, 0.2) is 36.4 Å². The molecule has 0 unspecified atom stereocenters. The lowest BCUT2D eigenvalue weighted by Gasteiger charge is -2.07. The first-order valence-electron chi connectivity index (χ1n) is 5.68. The van der Waals surface area contributed by atoms with E-state index in [4.69, 9.17) is 5.11 Å². The molecule has 2 rings (SSSR count). The Morgan fingerprint density at radius 1 is 1.25 bits per heavy atom. The Bertz CT molecular complexity index is 712. The normalized spacial score (nSPS) is 10.3. The van der Waals surface area contributed by atoms with Crippen molar-refractivity contribution in [3.63, 3.8) is 0 Å². The second-order valence-corrected chi connectivity index (χ2v) is 4.26. The maximum absolute atomic E-state index is 13.6.